The molecule has 0 aromatic heterocycles. The lowest BCUT2D eigenvalue weighted by Crippen LogP contribution is -2.40. The summed E-state index contributed by atoms with van der Waals surface area (Å²) in [6.07, 6.45) is 8.29. The second kappa shape index (κ2) is 14.0. The number of phenolic OH excluding ortho intramolecular Hbond substituents is 3. The van der Waals surface area contributed by atoms with Crippen molar-refractivity contribution >= 4 is 20.0 Å². The lowest BCUT2D eigenvalue weighted by molar-refractivity contribution is 0.359. The van der Waals surface area contributed by atoms with Crippen LogP contribution in [-0.2, 0) is 20.0 Å². The van der Waals surface area contributed by atoms with Gasteiger partial charge in [-0.1, -0.05) is 51.9 Å². The number of phenols is 3. The van der Waals surface area contributed by atoms with Gasteiger partial charge in [-0.3, -0.25) is 0 Å². The minimum absolute atomic E-state index is 0.00578. The SMILES string of the molecule is CCCCCCCCCCN(CCN(C)S(=O)(=O)c1ccc(O)c(C)c1)S(=O)(=O)c1ccc(O)c(O)c1. The van der Waals surface area contributed by atoms with Crippen molar-refractivity contribution < 1.29 is 32.2 Å². The molecule has 0 spiro atoms. The molecule has 0 aliphatic rings. The summed E-state index contributed by atoms with van der Waals surface area (Å²) in [5, 5.41) is 29.1. The average molecular weight is 557 g/mol. The third-order valence-corrected chi connectivity index (χ3v) is 10.1. The van der Waals surface area contributed by atoms with Gasteiger partial charge in [0.2, 0.25) is 20.0 Å². The van der Waals surface area contributed by atoms with Crippen molar-refractivity contribution in [1.82, 2.24) is 8.61 Å². The number of hydrogen-bond donors (Lipinski definition) is 3. The van der Waals surface area contributed by atoms with Crippen molar-refractivity contribution in [3.05, 3.63) is 42.0 Å². The first kappa shape index (κ1) is 30.9. The van der Waals surface area contributed by atoms with Gasteiger partial charge in [0.05, 0.1) is 9.79 Å². The van der Waals surface area contributed by atoms with Gasteiger partial charge in [-0.05, 0) is 49.2 Å². The number of nitrogens with zero attached hydrogens (tertiary/aromatic N) is 2. The fourth-order valence-electron chi connectivity index (χ4n) is 3.93. The van der Waals surface area contributed by atoms with E-state index >= 15 is 0 Å². The Morgan fingerprint density at radius 2 is 1.19 bits per heavy atom. The quantitative estimate of drug-likeness (QED) is 0.204. The number of aromatic hydroxyl groups is 3. The van der Waals surface area contributed by atoms with Gasteiger partial charge < -0.3 is 15.3 Å². The first-order valence-electron chi connectivity index (χ1n) is 12.7. The van der Waals surface area contributed by atoms with E-state index in [9.17, 15) is 32.2 Å². The Morgan fingerprint density at radius 1 is 0.649 bits per heavy atom. The molecule has 2 aromatic carbocycles. The molecule has 0 unspecified atom stereocenters. The van der Waals surface area contributed by atoms with E-state index in [4.69, 9.17) is 0 Å². The molecule has 37 heavy (non-hydrogen) atoms. The van der Waals surface area contributed by atoms with Crippen LogP contribution < -0.4 is 0 Å². The summed E-state index contributed by atoms with van der Waals surface area (Å²) in [5.41, 5.74) is 0.417. The monoisotopic (exact) mass is 556 g/mol. The molecule has 0 aliphatic heterocycles. The smallest absolute Gasteiger partial charge is 0.243 e. The van der Waals surface area contributed by atoms with Crippen LogP contribution in [0, 0.1) is 6.92 Å². The first-order chi connectivity index (χ1) is 17.4. The predicted molar refractivity (Wildman–Crippen MR) is 144 cm³/mol. The molecule has 2 aromatic rings. The highest BCUT2D eigenvalue weighted by atomic mass is 32.2. The molecule has 0 heterocycles. The molecule has 0 atom stereocenters. The number of rotatable bonds is 16. The minimum Gasteiger partial charge on any atom is -0.508 e. The van der Waals surface area contributed by atoms with Gasteiger partial charge >= 0.3 is 0 Å². The zero-order chi connectivity index (χ0) is 27.6. The van der Waals surface area contributed by atoms with Crippen molar-refractivity contribution in [3.63, 3.8) is 0 Å². The van der Waals surface area contributed by atoms with Crippen molar-refractivity contribution in [2.24, 2.45) is 0 Å². The van der Waals surface area contributed by atoms with Crippen molar-refractivity contribution in [2.45, 2.75) is 75.0 Å². The normalized spacial score (nSPS) is 12.5. The van der Waals surface area contributed by atoms with Crippen molar-refractivity contribution in [1.29, 1.82) is 0 Å². The van der Waals surface area contributed by atoms with E-state index in [1.165, 1.54) is 54.9 Å². The number of unbranched alkanes of at least 4 members (excludes halogenated alkanes) is 7. The summed E-state index contributed by atoms with van der Waals surface area (Å²) in [6, 6.07) is 7.31. The van der Waals surface area contributed by atoms with Crippen LogP contribution in [0.1, 0.15) is 63.9 Å². The summed E-state index contributed by atoms with van der Waals surface area (Å²) in [5.74, 6) is -0.986. The molecule has 0 saturated heterocycles. The molecular weight excluding hydrogens is 516 g/mol. The third-order valence-electron chi connectivity index (χ3n) is 6.39. The molecule has 0 radical (unpaired) electrons. The first-order valence-corrected chi connectivity index (χ1v) is 15.6. The van der Waals surface area contributed by atoms with Gasteiger partial charge in [-0.25, -0.2) is 16.8 Å². The maximum Gasteiger partial charge on any atom is 0.243 e. The van der Waals surface area contributed by atoms with E-state index in [1.54, 1.807) is 6.92 Å². The maximum absolute atomic E-state index is 13.4. The molecule has 2 rings (SSSR count). The van der Waals surface area contributed by atoms with E-state index in [0.717, 1.165) is 42.1 Å². The predicted octanol–water partition coefficient (Wildman–Crippen LogP) is 4.56. The highest BCUT2D eigenvalue weighted by Crippen LogP contribution is 2.29. The van der Waals surface area contributed by atoms with Crippen LogP contribution in [-0.4, -0.2) is 67.4 Å². The fraction of sp³-hybridized carbons (Fsp3) is 0.538. The molecule has 0 saturated carbocycles. The second-order valence-corrected chi connectivity index (χ2v) is 13.3. The van der Waals surface area contributed by atoms with E-state index in [1.807, 2.05) is 0 Å². The average Bonchev–Trinajstić information content (AvgIpc) is 2.85. The lowest BCUT2D eigenvalue weighted by Gasteiger charge is -2.25. The Labute approximate surface area is 221 Å². The summed E-state index contributed by atoms with van der Waals surface area (Å²) in [6.45, 7) is 3.78. The van der Waals surface area contributed by atoms with Crippen LogP contribution in [0.15, 0.2) is 46.2 Å². The van der Waals surface area contributed by atoms with Crippen molar-refractivity contribution in [3.8, 4) is 17.2 Å². The van der Waals surface area contributed by atoms with Gasteiger partial charge in [0, 0.05) is 32.7 Å². The van der Waals surface area contributed by atoms with E-state index in [0.29, 0.717) is 12.0 Å². The van der Waals surface area contributed by atoms with Crippen molar-refractivity contribution in [2.75, 3.05) is 26.7 Å². The van der Waals surface area contributed by atoms with Crippen LogP contribution in [0.2, 0.25) is 0 Å². The lowest BCUT2D eigenvalue weighted by atomic mass is 10.1. The number of likely N-dealkylation sites (N-methyl/N-ethyl adjacent to an activating group) is 1. The van der Waals surface area contributed by atoms with Gasteiger partial charge in [-0.15, -0.1) is 0 Å². The highest BCUT2D eigenvalue weighted by Gasteiger charge is 2.28. The maximum atomic E-state index is 13.4. The number of sulfonamides is 2. The molecular formula is C26H40N2O7S2. The Bertz CT molecular complexity index is 1230. The molecule has 0 bridgehead atoms. The zero-order valence-electron chi connectivity index (χ0n) is 21.9. The van der Waals surface area contributed by atoms with Crippen LogP contribution >= 0.6 is 0 Å². The Morgan fingerprint density at radius 3 is 1.76 bits per heavy atom. The number of hydrogen-bond acceptors (Lipinski definition) is 7. The Balaban J connectivity index is 2.14. The van der Waals surface area contributed by atoms with Gasteiger partial charge in [0.15, 0.2) is 11.5 Å². The summed E-state index contributed by atoms with van der Waals surface area (Å²) < 4.78 is 55.1. The van der Waals surface area contributed by atoms with Crippen LogP contribution in [0.3, 0.4) is 0 Å². The largest absolute Gasteiger partial charge is 0.508 e. The fourth-order valence-corrected chi connectivity index (χ4v) is 6.67. The zero-order valence-corrected chi connectivity index (χ0v) is 23.6. The third kappa shape index (κ3) is 8.59. The second-order valence-electron chi connectivity index (χ2n) is 9.30. The summed E-state index contributed by atoms with van der Waals surface area (Å²) >= 11 is 0. The molecule has 0 aliphatic carbocycles. The van der Waals surface area contributed by atoms with Gasteiger partial charge in [0.25, 0.3) is 0 Å². The van der Waals surface area contributed by atoms with Gasteiger partial charge in [0.1, 0.15) is 5.75 Å². The van der Waals surface area contributed by atoms with Crippen LogP contribution in [0.25, 0.3) is 0 Å². The van der Waals surface area contributed by atoms with Crippen LogP contribution in [0.5, 0.6) is 17.2 Å². The molecule has 9 nitrogen and oxygen atoms in total. The molecule has 208 valence electrons. The topological polar surface area (TPSA) is 135 Å². The van der Waals surface area contributed by atoms with Crippen LogP contribution in [0.4, 0.5) is 0 Å². The molecule has 3 N–H and O–H groups in total. The van der Waals surface area contributed by atoms with Gasteiger partial charge in [-0.2, -0.15) is 8.61 Å². The molecule has 0 fully saturated rings. The van der Waals surface area contributed by atoms with E-state index in [-0.39, 0.29) is 35.2 Å². The summed E-state index contributed by atoms with van der Waals surface area (Å²) in [7, 11) is -6.58. The Hall–Kier alpha value is -2.34. The Kier molecular flexibility index (Phi) is 11.7. The highest BCUT2D eigenvalue weighted by molar-refractivity contribution is 7.89. The van der Waals surface area contributed by atoms with E-state index < -0.39 is 31.5 Å². The van der Waals surface area contributed by atoms with E-state index in [2.05, 4.69) is 6.92 Å². The molecule has 11 heteroatoms. The molecule has 0 amide bonds. The number of benzene rings is 2. The summed E-state index contributed by atoms with van der Waals surface area (Å²) in [4.78, 5) is -0.173. The number of aryl methyl sites for hydroxylation is 1. The minimum atomic E-state index is -4.06. The standard InChI is InChI=1S/C26H40N2O7S2/c1-4-5-6-7-8-9-10-11-16-28(37(34,35)23-13-15-25(30)26(31)20-23)18-17-27(3)36(32,33)22-12-14-24(29)21(2)19-22/h12-15,19-20,29-31H,4-11,16-18H2,1-3H3.